The number of rotatable bonds is 6. The molecule has 11 heteroatoms. The maximum Gasteiger partial charge on any atom is 0.416 e. The lowest BCUT2D eigenvalue weighted by molar-refractivity contribution is -0.143. The predicted octanol–water partition coefficient (Wildman–Crippen LogP) is 4.90. The van der Waals surface area contributed by atoms with E-state index >= 15 is 0 Å². The molecule has 1 saturated carbocycles. The van der Waals surface area contributed by atoms with E-state index in [-0.39, 0.29) is 30.3 Å². The Kier molecular flexibility index (Phi) is 7.51. The SMILES string of the molecule is O=C(NCC1CCC(NCc2ncccc2O)CC1)c1cc(C(F)(F)F)cc(C(F)(F)F)c1. The van der Waals surface area contributed by atoms with Crippen LogP contribution >= 0.6 is 0 Å². The van der Waals surface area contributed by atoms with Crippen LogP contribution in [0.3, 0.4) is 0 Å². The Labute approximate surface area is 186 Å². The fraction of sp³-hybridized carbons (Fsp3) is 0.455. The van der Waals surface area contributed by atoms with Gasteiger partial charge in [-0.1, -0.05) is 0 Å². The highest BCUT2D eigenvalue weighted by Gasteiger charge is 2.37. The van der Waals surface area contributed by atoms with Crippen LogP contribution in [0, 0.1) is 5.92 Å². The molecular formula is C22H23F6N3O2. The zero-order valence-electron chi connectivity index (χ0n) is 17.4. The van der Waals surface area contributed by atoms with Crippen LogP contribution in [0.4, 0.5) is 26.3 Å². The van der Waals surface area contributed by atoms with Gasteiger partial charge in [-0.15, -0.1) is 0 Å². The third-order valence-corrected chi connectivity index (χ3v) is 5.67. The van der Waals surface area contributed by atoms with Crippen molar-refractivity contribution in [3.63, 3.8) is 0 Å². The van der Waals surface area contributed by atoms with Crippen molar-refractivity contribution >= 4 is 5.91 Å². The van der Waals surface area contributed by atoms with E-state index in [1.807, 2.05) is 0 Å². The van der Waals surface area contributed by atoms with Gasteiger partial charge in [0.1, 0.15) is 5.75 Å². The summed E-state index contributed by atoms with van der Waals surface area (Å²) in [5.41, 5.74) is -3.19. The van der Waals surface area contributed by atoms with Crippen LogP contribution in [-0.2, 0) is 18.9 Å². The highest BCUT2D eigenvalue weighted by molar-refractivity contribution is 5.94. The zero-order chi connectivity index (χ0) is 24.2. The number of hydrogen-bond donors (Lipinski definition) is 3. The summed E-state index contributed by atoms with van der Waals surface area (Å²) in [5, 5.41) is 15.5. The minimum atomic E-state index is -5.01. The van der Waals surface area contributed by atoms with Gasteiger partial charge in [-0.3, -0.25) is 9.78 Å². The summed E-state index contributed by atoms with van der Waals surface area (Å²) in [6.07, 6.45) is -5.43. The Morgan fingerprint density at radius 2 is 1.61 bits per heavy atom. The summed E-state index contributed by atoms with van der Waals surface area (Å²) >= 11 is 0. The van der Waals surface area contributed by atoms with E-state index in [0.29, 0.717) is 24.4 Å². The minimum Gasteiger partial charge on any atom is -0.506 e. The molecule has 2 aromatic rings. The molecule has 3 N–H and O–H groups in total. The van der Waals surface area contributed by atoms with Crippen molar-refractivity contribution in [1.82, 2.24) is 15.6 Å². The van der Waals surface area contributed by atoms with Gasteiger partial charge in [-0.2, -0.15) is 26.3 Å². The Morgan fingerprint density at radius 3 is 2.15 bits per heavy atom. The number of aromatic nitrogens is 1. The number of pyridine rings is 1. The highest BCUT2D eigenvalue weighted by Crippen LogP contribution is 2.36. The summed E-state index contributed by atoms with van der Waals surface area (Å²) < 4.78 is 77.9. The van der Waals surface area contributed by atoms with Gasteiger partial charge >= 0.3 is 12.4 Å². The monoisotopic (exact) mass is 475 g/mol. The van der Waals surface area contributed by atoms with E-state index in [1.165, 1.54) is 0 Å². The summed E-state index contributed by atoms with van der Waals surface area (Å²) in [6, 6.07) is 4.20. The number of halogens is 6. The fourth-order valence-electron chi connectivity index (χ4n) is 3.80. The summed E-state index contributed by atoms with van der Waals surface area (Å²) in [6.45, 7) is 0.556. The first-order valence-electron chi connectivity index (χ1n) is 10.4. The molecule has 1 aromatic heterocycles. The molecule has 0 saturated heterocycles. The normalized spacial score (nSPS) is 19.3. The van der Waals surface area contributed by atoms with Crippen molar-refractivity contribution in [1.29, 1.82) is 0 Å². The van der Waals surface area contributed by atoms with Crippen LogP contribution in [0.2, 0.25) is 0 Å². The highest BCUT2D eigenvalue weighted by atomic mass is 19.4. The van der Waals surface area contributed by atoms with Gasteiger partial charge in [-0.25, -0.2) is 0 Å². The molecule has 1 amide bonds. The van der Waals surface area contributed by atoms with Gasteiger partial charge in [0, 0.05) is 30.9 Å². The second-order valence-corrected chi connectivity index (χ2v) is 8.07. The average Bonchev–Trinajstić information content (AvgIpc) is 2.76. The van der Waals surface area contributed by atoms with E-state index in [4.69, 9.17) is 0 Å². The standard InChI is InChI=1S/C22H23F6N3O2/c23-21(24,25)15-8-14(9-16(10-15)22(26,27)28)20(33)31-11-13-3-5-17(6-4-13)30-12-18-19(32)2-1-7-29-18/h1-2,7-10,13,17,30,32H,3-6,11-12H2,(H,31,33). The third kappa shape index (κ3) is 6.83. The minimum absolute atomic E-state index is 0.00420. The first-order valence-corrected chi connectivity index (χ1v) is 10.4. The van der Waals surface area contributed by atoms with Crippen molar-refractivity contribution in [2.45, 2.75) is 50.6 Å². The topological polar surface area (TPSA) is 74.2 Å². The Balaban J connectivity index is 1.53. The average molecular weight is 475 g/mol. The van der Waals surface area contributed by atoms with Crippen LogP contribution in [0.15, 0.2) is 36.5 Å². The summed E-state index contributed by atoms with van der Waals surface area (Å²) in [5.74, 6) is -0.815. The van der Waals surface area contributed by atoms with Gasteiger partial charge < -0.3 is 15.7 Å². The molecule has 1 aliphatic carbocycles. The molecular weight excluding hydrogens is 452 g/mol. The number of aromatic hydroxyl groups is 1. The predicted molar refractivity (Wildman–Crippen MR) is 107 cm³/mol. The number of hydrogen-bond acceptors (Lipinski definition) is 4. The van der Waals surface area contributed by atoms with Gasteiger partial charge in [0.25, 0.3) is 5.91 Å². The molecule has 0 spiro atoms. The molecule has 3 rings (SSSR count). The first-order chi connectivity index (χ1) is 15.4. The number of benzene rings is 1. The summed E-state index contributed by atoms with van der Waals surface area (Å²) in [4.78, 5) is 16.4. The van der Waals surface area contributed by atoms with Crippen molar-refractivity contribution in [2.75, 3.05) is 6.54 Å². The smallest absolute Gasteiger partial charge is 0.416 e. The second kappa shape index (κ2) is 9.98. The molecule has 0 atom stereocenters. The number of nitrogens with one attached hydrogen (secondary N) is 2. The third-order valence-electron chi connectivity index (χ3n) is 5.67. The Bertz CT molecular complexity index is 937. The number of nitrogens with zero attached hydrogens (tertiary/aromatic N) is 1. The molecule has 1 fully saturated rings. The van der Waals surface area contributed by atoms with E-state index in [2.05, 4.69) is 15.6 Å². The van der Waals surface area contributed by atoms with Crippen molar-refractivity contribution in [3.8, 4) is 5.75 Å². The van der Waals surface area contributed by atoms with Gasteiger partial charge in [-0.05, 0) is 61.9 Å². The number of carbonyl (C=O) groups is 1. The molecule has 1 aliphatic rings. The first kappa shape index (κ1) is 24.8. The van der Waals surface area contributed by atoms with E-state index in [1.54, 1.807) is 18.3 Å². The molecule has 33 heavy (non-hydrogen) atoms. The molecule has 0 unspecified atom stereocenters. The maximum absolute atomic E-state index is 13.0. The van der Waals surface area contributed by atoms with Crippen molar-refractivity contribution in [2.24, 2.45) is 5.92 Å². The largest absolute Gasteiger partial charge is 0.506 e. The Morgan fingerprint density at radius 1 is 1.00 bits per heavy atom. The van der Waals surface area contributed by atoms with Gasteiger partial charge in [0.2, 0.25) is 0 Å². The molecule has 0 radical (unpaired) electrons. The van der Waals surface area contributed by atoms with E-state index in [0.717, 1.165) is 25.7 Å². The second-order valence-electron chi connectivity index (χ2n) is 8.07. The molecule has 180 valence electrons. The molecule has 1 aromatic carbocycles. The number of carbonyl (C=O) groups excluding carboxylic acids is 1. The van der Waals surface area contributed by atoms with Gasteiger partial charge in [0.05, 0.1) is 16.8 Å². The molecule has 0 aliphatic heterocycles. The lowest BCUT2D eigenvalue weighted by Gasteiger charge is -2.29. The Hall–Kier alpha value is -2.82. The van der Waals surface area contributed by atoms with Gasteiger partial charge in [0.15, 0.2) is 0 Å². The van der Waals surface area contributed by atoms with Crippen LogP contribution in [-0.4, -0.2) is 28.6 Å². The number of alkyl halides is 6. The number of amides is 1. The van der Waals surface area contributed by atoms with E-state index in [9.17, 15) is 36.2 Å². The molecule has 5 nitrogen and oxygen atoms in total. The van der Waals surface area contributed by atoms with E-state index < -0.39 is 35.0 Å². The lowest BCUT2D eigenvalue weighted by atomic mass is 9.86. The van der Waals surface area contributed by atoms with Crippen LogP contribution < -0.4 is 10.6 Å². The summed E-state index contributed by atoms with van der Waals surface area (Å²) in [7, 11) is 0. The molecule has 1 heterocycles. The molecule has 0 bridgehead atoms. The van der Waals surface area contributed by atoms with Crippen LogP contribution in [0.5, 0.6) is 5.75 Å². The zero-order valence-corrected chi connectivity index (χ0v) is 17.4. The van der Waals surface area contributed by atoms with Crippen molar-refractivity contribution in [3.05, 3.63) is 58.9 Å². The van der Waals surface area contributed by atoms with Crippen molar-refractivity contribution < 1.29 is 36.2 Å². The van der Waals surface area contributed by atoms with Crippen LogP contribution in [0.25, 0.3) is 0 Å². The maximum atomic E-state index is 13.0. The lowest BCUT2D eigenvalue weighted by Crippen LogP contribution is -2.37. The van der Waals surface area contributed by atoms with Crippen LogP contribution in [0.1, 0.15) is 52.9 Å². The fourth-order valence-corrected chi connectivity index (χ4v) is 3.80. The quantitative estimate of drug-likeness (QED) is 0.520.